The zero-order valence-electron chi connectivity index (χ0n) is 14.3. The molecule has 0 atom stereocenters. The van der Waals surface area contributed by atoms with Crippen molar-refractivity contribution in [3.8, 4) is 11.5 Å². The molecular formula is C17H19NO6S. The van der Waals surface area contributed by atoms with Gasteiger partial charge in [0.05, 0.1) is 21.3 Å². The Labute approximate surface area is 146 Å². The van der Waals surface area contributed by atoms with Crippen LogP contribution < -0.4 is 14.0 Å². The van der Waals surface area contributed by atoms with Gasteiger partial charge in [0.2, 0.25) is 10.4 Å². The van der Waals surface area contributed by atoms with Gasteiger partial charge in [-0.3, -0.25) is 4.18 Å². The van der Waals surface area contributed by atoms with Gasteiger partial charge in [-0.15, -0.1) is 0 Å². The van der Waals surface area contributed by atoms with E-state index in [2.05, 4.69) is 39.3 Å². The van der Waals surface area contributed by atoms with E-state index < -0.39 is 10.4 Å². The highest BCUT2D eigenvalue weighted by atomic mass is 32.3. The average molecular weight is 365 g/mol. The van der Waals surface area contributed by atoms with E-state index >= 15 is 0 Å². The van der Waals surface area contributed by atoms with Crippen LogP contribution in [0, 0.1) is 0 Å². The molecule has 0 N–H and O–H groups in total. The normalized spacial score (nSPS) is 11.1. The van der Waals surface area contributed by atoms with E-state index in [1.165, 1.54) is 16.2 Å². The molecule has 8 heteroatoms. The number of methoxy groups -OCH3 is 2. The fourth-order valence-electron chi connectivity index (χ4n) is 2.44. The molecule has 0 aliphatic rings. The first-order chi connectivity index (χ1) is 11.8. The number of benzene rings is 2. The molecule has 0 saturated heterocycles. The number of rotatable bonds is 3. The zero-order valence-corrected chi connectivity index (χ0v) is 15.2. The van der Waals surface area contributed by atoms with Crippen LogP contribution in [-0.2, 0) is 21.6 Å². The molecule has 0 spiro atoms. The van der Waals surface area contributed by atoms with Crippen molar-refractivity contribution in [1.29, 1.82) is 0 Å². The third-order valence-electron chi connectivity index (χ3n) is 3.62. The van der Waals surface area contributed by atoms with E-state index in [1.54, 1.807) is 14.2 Å². The van der Waals surface area contributed by atoms with E-state index in [0.29, 0.717) is 0 Å². The molecule has 0 fully saturated rings. The summed E-state index contributed by atoms with van der Waals surface area (Å²) in [6.07, 6.45) is 4.17. The maximum absolute atomic E-state index is 9.22. The molecular weight excluding hydrogens is 346 g/mol. The second-order valence-electron chi connectivity index (χ2n) is 5.18. The molecule has 7 nitrogen and oxygen atoms in total. The standard InChI is InChI=1S/C16H16NO2.CH4O4S/c1-17-7-6-13-12(10-17)5-4-11-8-15(18-2)16(19-3)9-14(11)13;1-5-6(2,3)4/h4-10H,1-3H3;1H3,(H,2,3,4)/q+1;/p-1. The third kappa shape index (κ3) is 4.56. The predicted octanol–water partition coefficient (Wildman–Crippen LogP) is 1.93. The number of hydrogen-bond acceptors (Lipinski definition) is 6. The van der Waals surface area contributed by atoms with Crippen LogP contribution in [0.15, 0.2) is 42.7 Å². The lowest BCUT2D eigenvalue weighted by molar-refractivity contribution is -0.670. The Balaban J connectivity index is 0.000000326. The Morgan fingerprint density at radius 1 is 0.920 bits per heavy atom. The van der Waals surface area contributed by atoms with Crippen molar-refractivity contribution >= 4 is 31.9 Å². The van der Waals surface area contributed by atoms with Crippen molar-refractivity contribution in [1.82, 2.24) is 0 Å². The molecule has 2 aromatic carbocycles. The smallest absolute Gasteiger partial charge is 0.217 e. The van der Waals surface area contributed by atoms with Crippen LogP contribution in [0.2, 0.25) is 0 Å². The van der Waals surface area contributed by atoms with E-state index in [4.69, 9.17) is 9.47 Å². The van der Waals surface area contributed by atoms with E-state index in [-0.39, 0.29) is 0 Å². The Bertz CT molecular complexity index is 1000. The Hall–Kier alpha value is -2.42. The highest BCUT2D eigenvalue weighted by Gasteiger charge is 2.09. The van der Waals surface area contributed by atoms with Crippen molar-refractivity contribution < 1.29 is 31.2 Å². The van der Waals surface area contributed by atoms with Gasteiger partial charge in [0.25, 0.3) is 0 Å². The molecule has 0 saturated carbocycles. The molecule has 25 heavy (non-hydrogen) atoms. The largest absolute Gasteiger partial charge is 0.726 e. The van der Waals surface area contributed by atoms with Crippen molar-refractivity contribution in [2.24, 2.45) is 7.05 Å². The molecule has 3 rings (SSSR count). The molecule has 0 unspecified atom stereocenters. The minimum atomic E-state index is -4.41. The van der Waals surface area contributed by atoms with Gasteiger partial charge in [-0.05, 0) is 29.0 Å². The highest BCUT2D eigenvalue weighted by Crippen LogP contribution is 2.35. The quantitative estimate of drug-likeness (QED) is 0.305. The number of nitrogens with zero attached hydrogens (tertiary/aromatic N) is 1. The SMILES string of the molecule is COS(=O)(=O)[O-].COc1cc2ccc3c[n+](C)ccc3c2cc1OC. The van der Waals surface area contributed by atoms with Gasteiger partial charge in [-0.1, -0.05) is 6.07 Å². The van der Waals surface area contributed by atoms with Crippen molar-refractivity contribution in [3.05, 3.63) is 42.7 Å². The summed E-state index contributed by atoms with van der Waals surface area (Å²) in [4.78, 5) is 0. The Morgan fingerprint density at radius 2 is 1.48 bits per heavy atom. The summed E-state index contributed by atoms with van der Waals surface area (Å²) in [7, 11) is 1.74. The van der Waals surface area contributed by atoms with Gasteiger partial charge in [0.15, 0.2) is 23.9 Å². The van der Waals surface area contributed by atoms with Gasteiger partial charge in [-0.25, -0.2) is 13.0 Å². The van der Waals surface area contributed by atoms with E-state index in [0.717, 1.165) is 24.0 Å². The third-order valence-corrected chi connectivity index (χ3v) is 4.03. The summed E-state index contributed by atoms with van der Waals surface area (Å²) in [6, 6.07) is 10.4. The van der Waals surface area contributed by atoms with E-state index in [9.17, 15) is 13.0 Å². The maximum atomic E-state index is 9.22. The van der Waals surface area contributed by atoms with Crippen LogP contribution in [0.25, 0.3) is 21.5 Å². The first-order valence-corrected chi connectivity index (χ1v) is 8.57. The molecule has 0 aliphatic heterocycles. The lowest BCUT2D eigenvalue weighted by Gasteiger charge is -2.10. The Morgan fingerprint density at radius 3 is 2.04 bits per heavy atom. The first kappa shape index (κ1) is 18.9. The topological polar surface area (TPSA) is 88.8 Å². The van der Waals surface area contributed by atoms with E-state index in [1.807, 2.05) is 19.2 Å². The van der Waals surface area contributed by atoms with Crippen molar-refractivity contribution in [2.75, 3.05) is 21.3 Å². The first-order valence-electron chi connectivity index (χ1n) is 7.24. The number of pyridine rings is 1. The van der Waals surface area contributed by atoms with Crippen LogP contribution in [0.4, 0.5) is 0 Å². The summed E-state index contributed by atoms with van der Waals surface area (Å²) >= 11 is 0. The summed E-state index contributed by atoms with van der Waals surface area (Å²) in [5.74, 6) is 1.52. The van der Waals surface area contributed by atoms with Crippen LogP contribution in [0.3, 0.4) is 0 Å². The molecule has 1 aromatic heterocycles. The van der Waals surface area contributed by atoms with Crippen molar-refractivity contribution in [2.45, 2.75) is 0 Å². The summed E-state index contributed by atoms with van der Waals surface area (Å²) in [5.41, 5.74) is 0. The summed E-state index contributed by atoms with van der Waals surface area (Å²) < 4.78 is 43.8. The number of ether oxygens (including phenoxy) is 2. The molecule has 134 valence electrons. The van der Waals surface area contributed by atoms with Gasteiger partial charge < -0.3 is 14.0 Å². The second-order valence-corrected chi connectivity index (χ2v) is 6.33. The zero-order chi connectivity index (χ0) is 18.6. The molecule has 0 amide bonds. The fourth-order valence-corrected chi connectivity index (χ4v) is 2.44. The van der Waals surface area contributed by atoms with Crippen LogP contribution >= 0.6 is 0 Å². The summed E-state index contributed by atoms with van der Waals surface area (Å²) in [5, 5.41) is 4.76. The lowest BCUT2D eigenvalue weighted by Crippen LogP contribution is -2.25. The summed E-state index contributed by atoms with van der Waals surface area (Å²) in [6.45, 7) is 0. The maximum Gasteiger partial charge on any atom is 0.217 e. The molecule has 0 bridgehead atoms. The minimum Gasteiger partial charge on any atom is -0.726 e. The van der Waals surface area contributed by atoms with Crippen LogP contribution in [0.5, 0.6) is 11.5 Å². The molecule has 3 aromatic rings. The van der Waals surface area contributed by atoms with Crippen molar-refractivity contribution in [3.63, 3.8) is 0 Å². The average Bonchev–Trinajstić information content (AvgIpc) is 2.59. The van der Waals surface area contributed by atoms with Gasteiger partial charge in [0, 0.05) is 16.8 Å². The lowest BCUT2D eigenvalue weighted by atomic mass is 10.0. The fraction of sp³-hybridized carbons (Fsp3) is 0.235. The molecule has 1 heterocycles. The van der Waals surface area contributed by atoms with Gasteiger partial charge in [0.1, 0.15) is 7.05 Å². The Kier molecular flexibility index (Phi) is 5.78. The molecule has 0 radical (unpaired) electrons. The monoisotopic (exact) mass is 365 g/mol. The second kappa shape index (κ2) is 7.64. The predicted molar refractivity (Wildman–Crippen MR) is 92.4 cm³/mol. The number of hydrogen-bond donors (Lipinski definition) is 0. The number of fused-ring (bicyclic) bond motifs is 3. The molecule has 0 aliphatic carbocycles. The minimum absolute atomic E-state index is 0.760. The van der Waals surface area contributed by atoms with Gasteiger partial charge >= 0.3 is 0 Å². The number of aryl methyl sites for hydroxylation is 1. The van der Waals surface area contributed by atoms with Crippen LogP contribution in [-0.4, -0.2) is 34.3 Å². The van der Waals surface area contributed by atoms with Crippen LogP contribution in [0.1, 0.15) is 0 Å². The number of aromatic nitrogens is 1. The van der Waals surface area contributed by atoms with Gasteiger partial charge in [-0.2, -0.15) is 0 Å². The highest BCUT2D eigenvalue weighted by molar-refractivity contribution is 7.80.